The molecule has 1 amide bonds. The number of piperidine rings is 1. The number of aryl methyl sites for hydroxylation is 1. The second-order valence-corrected chi connectivity index (χ2v) is 6.57. The summed E-state index contributed by atoms with van der Waals surface area (Å²) in [7, 11) is -3.88. The topological polar surface area (TPSA) is 114 Å². The minimum absolute atomic E-state index is 0. The highest BCUT2D eigenvalue weighted by atomic mass is 35.5. The third-order valence-electron chi connectivity index (χ3n) is 3.48. The van der Waals surface area contributed by atoms with Crippen molar-refractivity contribution < 1.29 is 17.6 Å². The molecule has 0 aromatic carbocycles. The van der Waals surface area contributed by atoms with Gasteiger partial charge in [-0.15, -0.1) is 12.4 Å². The van der Waals surface area contributed by atoms with Crippen molar-refractivity contribution in [1.29, 1.82) is 0 Å². The van der Waals surface area contributed by atoms with Crippen LogP contribution in [0.15, 0.2) is 15.4 Å². The summed E-state index contributed by atoms with van der Waals surface area (Å²) in [5, 5.41) is 11.2. The first-order chi connectivity index (χ1) is 9.29. The molecule has 1 fully saturated rings. The minimum Gasteiger partial charge on any atom is -0.455 e. The molecule has 4 N–H and O–H groups in total. The van der Waals surface area contributed by atoms with Gasteiger partial charge in [-0.1, -0.05) is 0 Å². The lowest BCUT2D eigenvalue weighted by Crippen LogP contribution is -2.51. The second kappa shape index (κ2) is 6.78. The number of rotatable bonds is 3. The monoisotopic (exact) mass is 337 g/mol. The lowest BCUT2D eigenvalue weighted by atomic mass is 10.00. The summed E-state index contributed by atoms with van der Waals surface area (Å²) in [4.78, 5) is 11.9. The summed E-state index contributed by atoms with van der Waals surface area (Å²) in [5.41, 5.74) is 0. The van der Waals surface area contributed by atoms with Crippen molar-refractivity contribution in [3.63, 3.8) is 0 Å². The van der Waals surface area contributed by atoms with Gasteiger partial charge in [-0.05, 0) is 33.2 Å². The molecular formula is C12H20ClN3O4S. The van der Waals surface area contributed by atoms with Gasteiger partial charge in [0.05, 0.1) is 0 Å². The summed E-state index contributed by atoms with van der Waals surface area (Å²) in [6, 6.07) is 1.34. The molecule has 1 aliphatic heterocycles. The van der Waals surface area contributed by atoms with Crippen LogP contribution in [0.3, 0.4) is 0 Å². The molecule has 2 heterocycles. The number of nitrogens with two attached hydrogens (primary N) is 1. The Kier molecular flexibility index (Phi) is 5.80. The first-order valence-electron chi connectivity index (χ1n) is 6.46. The Labute approximate surface area is 130 Å². The minimum atomic E-state index is -3.88. The molecule has 0 saturated carbocycles. The van der Waals surface area contributed by atoms with E-state index in [-0.39, 0.29) is 40.9 Å². The van der Waals surface area contributed by atoms with E-state index in [0.717, 1.165) is 19.4 Å². The van der Waals surface area contributed by atoms with E-state index in [1.54, 1.807) is 0 Å². The Morgan fingerprint density at radius 3 is 2.71 bits per heavy atom. The van der Waals surface area contributed by atoms with Crippen molar-refractivity contribution in [2.24, 2.45) is 5.14 Å². The van der Waals surface area contributed by atoms with Gasteiger partial charge in [0.2, 0.25) is 10.0 Å². The Hall–Kier alpha value is -1.09. The fourth-order valence-corrected chi connectivity index (χ4v) is 3.05. The van der Waals surface area contributed by atoms with E-state index in [1.807, 2.05) is 6.92 Å². The fraction of sp³-hybridized carbons (Fsp3) is 0.583. The number of nitrogens with one attached hydrogen (secondary N) is 2. The molecule has 2 rings (SSSR count). The SMILES string of the molecule is Cc1oc(C(=O)NC2CCCNC2C)cc1S(N)(=O)=O.Cl. The number of carbonyl (C=O) groups is 1. The maximum Gasteiger partial charge on any atom is 0.287 e. The Bertz CT molecular complexity index is 614. The first-order valence-corrected chi connectivity index (χ1v) is 8.01. The molecule has 7 nitrogen and oxygen atoms in total. The number of hydrogen-bond donors (Lipinski definition) is 3. The smallest absolute Gasteiger partial charge is 0.287 e. The van der Waals surface area contributed by atoms with Gasteiger partial charge < -0.3 is 15.1 Å². The van der Waals surface area contributed by atoms with E-state index in [2.05, 4.69) is 10.6 Å². The average molecular weight is 338 g/mol. The molecular weight excluding hydrogens is 318 g/mol. The van der Waals surface area contributed by atoms with E-state index in [9.17, 15) is 13.2 Å². The summed E-state index contributed by atoms with van der Waals surface area (Å²) < 4.78 is 27.8. The van der Waals surface area contributed by atoms with E-state index < -0.39 is 15.9 Å². The molecule has 0 spiro atoms. The molecule has 0 aliphatic carbocycles. The maximum absolute atomic E-state index is 12.1. The van der Waals surface area contributed by atoms with Crippen molar-refractivity contribution in [2.75, 3.05) is 6.54 Å². The zero-order valence-electron chi connectivity index (χ0n) is 11.9. The van der Waals surface area contributed by atoms with E-state index in [4.69, 9.17) is 9.56 Å². The van der Waals surface area contributed by atoms with Crippen LogP contribution in [0.5, 0.6) is 0 Å². The van der Waals surface area contributed by atoms with Crippen molar-refractivity contribution >= 4 is 28.3 Å². The predicted molar refractivity (Wildman–Crippen MR) is 80.0 cm³/mol. The fourth-order valence-electron chi connectivity index (χ4n) is 2.34. The zero-order chi connectivity index (χ0) is 14.9. The van der Waals surface area contributed by atoms with Crippen LogP contribution in [-0.2, 0) is 10.0 Å². The number of furan rings is 1. The molecule has 2 atom stereocenters. The van der Waals surface area contributed by atoms with Gasteiger partial charge in [0.25, 0.3) is 5.91 Å². The van der Waals surface area contributed by atoms with Gasteiger partial charge in [-0.3, -0.25) is 4.79 Å². The predicted octanol–water partition coefficient (Wildman–Crippen LogP) is 0.528. The molecule has 0 radical (unpaired) electrons. The number of carbonyl (C=O) groups excluding carboxylic acids is 1. The zero-order valence-corrected chi connectivity index (χ0v) is 13.5. The molecule has 1 aromatic rings. The number of hydrogen-bond acceptors (Lipinski definition) is 5. The van der Waals surface area contributed by atoms with E-state index in [1.165, 1.54) is 13.0 Å². The van der Waals surface area contributed by atoms with Gasteiger partial charge in [0.1, 0.15) is 10.7 Å². The van der Waals surface area contributed by atoms with Crippen LogP contribution in [0.4, 0.5) is 0 Å². The van der Waals surface area contributed by atoms with Crippen molar-refractivity contribution in [3.8, 4) is 0 Å². The quantitative estimate of drug-likeness (QED) is 0.744. The average Bonchev–Trinajstić information content (AvgIpc) is 2.74. The van der Waals surface area contributed by atoms with Gasteiger partial charge in [-0.2, -0.15) is 0 Å². The van der Waals surface area contributed by atoms with Gasteiger partial charge in [0, 0.05) is 18.2 Å². The molecule has 1 aliphatic rings. The molecule has 0 bridgehead atoms. The lowest BCUT2D eigenvalue weighted by molar-refractivity contribution is 0.0890. The molecule has 9 heteroatoms. The Morgan fingerprint density at radius 1 is 1.52 bits per heavy atom. The highest BCUT2D eigenvalue weighted by Crippen LogP contribution is 2.19. The van der Waals surface area contributed by atoms with E-state index >= 15 is 0 Å². The van der Waals surface area contributed by atoms with Crippen LogP contribution in [0, 0.1) is 6.92 Å². The third kappa shape index (κ3) is 4.19. The highest BCUT2D eigenvalue weighted by molar-refractivity contribution is 7.89. The highest BCUT2D eigenvalue weighted by Gasteiger charge is 2.26. The van der Waals surface area contributed by atoms with Crippen molar-refractivity contribution in [2.45, 2.75) is 43.7 Å². The molecule has 2 unspecified atom stereocenters. The maximum atomic E-state index is 12.1. The van der Waals surface area contributed by atoms with Crippen LogP contribution in [-0.4, -0.2) is 33.0 Å². The van der Waals surface area contributed by atoms with Crippen molar-refractivity contribution in [1.82, 2.24) is 10.6 Å². The van der Waals surface area contributed by atoms with Crippen LogP contribution in [0.2, 0.25) is 0 Å². The number of primary sulfonamides is 1. The summed E-state index contributed by atoms with van der Waals surface area (Å²) in [5.74, 6) is -0.347. The Morgan fingerprint density at radius 2 is 2.19 bits per heavy atom. The van der Waals surface area contributed by atoms with Crippen LogP contribution in [0.1, 0.15) is 36.1 Å². The standard InChI is InChI=1S/C12H19N3O4S.ClH/c1-7-9(4-3-5-14-7)15-12(16)10-6-11(8(2)19-10)20(13,17)18;/h6-7,9,14H,3-5H2,1-2H3,(H,15,16)(H2,13,17,18);1H. The largest absolute Gasteiger partial charge is 0.455 e. The lowest BCUT2D eigenvalue weighted by Gasteiger charge is -2.30. The molecule has 21 heavy (non-hydrogen) atoms. The van der Waals surface area contributed by atoms with Crippen LogP contribution in [0.25, 0.3) is 0 Å². The normalized spacial score (nSPS) is 22.4. The second-order valence-electron chi connectivity index (χ2n) is 5.04. The van der Waals surface area contributed by atoms with Gasteiger partial charge in [-0.25, -0.2) is 13.6 Å². The van der Waals surface area contributed by atoms with E-state index in [0.29, 0.717) is 0 Å². The number of amides is 1. The Balaban J connectivity index is 0.00000220. The number of sulfonamides is 1. The molecule has 1 saturated heterocycles. The van der Waals surface area contributed by atoms with Gasteiger partial charge in [0.15, 0.2) is 5.76 Å². The molecule has 120 valence electrons. The third-order valence-corrected chi connectivity index (χ3v) is 4.50. The summed E-state index contributed by atoms with van der Waals surface area (Å²) in [6.07, 6.45) is 1.86. The summed E-state index contributed by atoms with van der Waals surface area (Å²) in [6.45, 7) is 4.39. The van der Waals surface area contributed by atoms with Crippen LogP contribution >= 0.6 is 12.4 Å². The van der Waals surface area contributed by atoms with Crippen LogP contribution < -0.4 is 15.8 Å². The first kappa shape index (κ1) is 18.0. The summed E-state index contributed by atoms with van der Waals surface area (Å²) >= 11 is 0. The number of halogens is 1. The molecule has 1 aromatic heterocycles. The van der Waals surface area contributed by atoms with Crippen molar-refractivity contribution in [3.05, 3.63) is 17.6 Å². The van der Waals surface area contributed by atoms with Gasteiger partial charge >= 0.3 is 0 Å².